The normalized spacial score (nSPS) is 10.2. The Kier molecular flexibility index (Phi) is 3.97. The summed E-state index contributed by atoms with van der Waals surface area (Å²) in [5.74, 6) is -2.16. The minimum absolute atomic E-state index is 0.0967. The SMILES string of the molecule is O=C(O)c1cc(F)cnc1OCc1cccc(Cl)c1. The summed E-state index contributed by atoms with van der Waals surface area (Å²) in [5.41, 5.74) is 0.442. The van der Waals surface area contributed by atoms with Crippen molar-refractivity contribution in [1.82, 2.24) is 4.98 Å². The van der Waals surface area contributed by atoms with Crippen LogP contribution < -0.4 is 4.74 Å². The summed E-state index contributed by atoms with van der Waals surface area (Å²) < 4.78 is 18.2. The van der Waals surface area contributed by atoms with Crippen LogP contribution >= 0.6 is 11.6 Å². The number of hydrogen-bond donors (Lipinski definition) is 1. The van der Waals surface area contributed by atoms with Crippen LogP contribution in [0.25, 0.3) is 0 Å². The number of pyridine rings is 1. The molecule has 0 radical (unpaired) electrons. The van der Waals surface area contributed by atoms with Crippen LogP contribution in [0.5, 0.6) is 5.88 Å². The van der Waals surface area contributed by atoms with Crippen molar-refractivity contribution in [3.8, 4) is 5.88 Å². The van der Waals surface area contributed by atoms with Gasteiger partial charge in [-0.25, -0.2) is 14.2 Å². The number of hydrogen-bond acceptors (Lipinski definition) is 3. The van der Waals surface area contributed by atoms with Gasteiger partial charge in [0.1, 0.15) is 18.0 Å². The molecule has 2 aromatic rings. The number of aromatic carboxylic acids is 1. The first-order chi connectivity index (χ1) is 9.06. The average Bonchev–Trinajstić information content (AvgIpc) is 2.37. The Hall–Kier alpha value is -2.14. The van der Waals surface area contributed by atoms with Gasteiger partial charge in [0.05, 0.1) is 6.20 Å². The van der Waals surface area contributed by atoms with Gasteiger partial charge in [0.2, 0.25) is 5.88 Å². The maximum atomic E-state index is 12.9. The van der Waals surface area contributed by atoms with Gasteiger partial charge in [0.15, 0.2) is 0 Å². The number of rotatable bonds is 4. The summed E-state index contributed by atoms with van der Waals surface area (Å²) in [4.78, 5) is 14.6. The van der Waals surface area contributed by atoms with E-state index in [0.717, 1.165) is 17.8 Å². The number of ether oxygens (including phenoxy) is 1. The van der Waals surface area contributed by atoms with E-state index in [1.165, 1.54) is 0 Å². The maximum Gasteiger partial charge on any atom is 0.341 e. The zero-order chi connectivity index (χ0) is 13.8. The molecule has 0 bridgehead atoms. The molecule has 0 amide bonds. The van der Waals surface area contributed by atoms with Gasteiger partial charge in [0.25, 0.3) is 0 Å². The molecule has 2 rings (SSSR count). The Morgan fingerprint density at radius 1 is 1.42 bits per heavy atom. The Bertz CT molecular complexity index is 619. The summed E-state index contributed by atoms with van der Waals surface area (Å²) >= 11 is 5.81. The van der Waals surface area contributed by atoms with Gasteiger partial charge in [-0.1, -0.05) is 23.7 Å². The second-order valence-corrected chi connectivity index (χ2v) is 4.17. The number of carboxylic acids is 1. The van der Waals surface area contributed by atoms with E-state index >= 15 is 0 Å². The van der Waals surface area contributed by atoms with E-state index in [1.54, 1.807) is 24.3 Å². The van der Waals surface area contributed by atoms with Crippen LogP contribution in [0.4, 0.5) is 4.39 Å². The molecule has 0 saturated carbocycles. The van der Waals surface area contributed by atoms with Gasteiger partial charge < -0.3 is 9.84 Å². The molecule has 0 fully saturated rings. The quantitative estimate of drug-likeness (QED) is 0.935. The van der Waals surface area contributed by atoms with Gasteiger partial charge in [-0.2, -0.15) is 0 Å². The highest BCUT2D eigenvalue weighted by molar-refractivity contribution is 6.30. The van der Waals surface area contributed by atoms with Crippen LogP contribution in [0, 0.1) is 5.82 Å². The molecule has 4 nitrogen and oxygen atoms in total. The molecule has 0 aliphatic heterocycles. The number of nitrogens with zero attached hydrogens (tertiary/aromatic N) is 1. The van der Waals surface area contributed by atoms with Crippen LogP contribution in [0.15, 0.2) is 36.5 Å². The highest BCUT2D eigenvalue weighted by Gasteiger charge is 2.14. The van der Waals surface area contributed by atoms with Gasteiger partial charge in [-0.15, -0.1) is 0 Å². The Morgan fingerprint density at radius 3 is 2.89 bits per heavy atom. The van der Waals surface area contributed by atoms with E-state index in [2.05, 4.69) is 4.98 Å². The van der Waals surface area contributed by atoms with Crippen LogP contribution in [-0.2, 0) is 6.61 Å². The largest absolute Gasteiger partial charge is 0.477 e. The van der Waals surface area contributed by atoms with E-state index in [0.29, 0.717) is 5.02 Å². The Labute approximate surface area is 113 Å². The van der Waals surface area contributed by atoms with Crippen LogP contribution in [0.1, 0.15) is 15.9 Å². The molecule has 98 valence electrons. The standard InChI is InChI=1S/C13H9ClFNO3/c14-9-3-1-2-8(4-9)7-19-12-11(13(17)18)5-10(15)6-16-12/h1-6H,7H2,(H,17,18). The monoisotopic (exact) mass is 281 g/mol. The van der Waals surface area contributed by atoms with E-state index in [1.807, 2.05) is 0 Å². The summed E-state index contributed by atoms with van der Waals surface area (Å²) in [7, 11) is 0. The zero-order valence-corrected chi connectivity index (χ0v) is 10.4. The summed E-state index contributed by atoms with van der Waals surface area (Å²) in [6.45, 7) is 0.0967. The summed E-state index contributed by atoms with van der Waals surface area (Å²) in [6, 6.07) is 7.78. The van der Waals surface area contributed by atoms with E-state index in [9.17, 15) is 9.18 Å². The molecular formula is C13H9ClFNO3. The topological polar surface area (TPSA) is 59.4 Å². The van der Waals surface area contributed by atoms with E-state index < -0.39 is 11.8 Å². The third-order valence-corrected chi connectivity index (χ3v) is 2.55. The summed E-state index contributed by atoms with van der Waals surface area (Å²) in [6.07, 6.45) is 0.903. The molecular weight excluding hydrogens is 273 g/mol. The first-order valence-corrected chi connectivity index (χ1v) is 5.70. The Balaban J connectivity index is 2.17. The lowest BCUT2D eigenvalue weighted by Gasteiger charge is -2.08. The lowest BCUT2D eigenvalue weighted by molar-refractivity contribution is 0.0690. The van der Waals surface area contributed by atoms with Crippen molar-refractivity contribution in [1.29, 1.82) is 0 Å². The molecule has 1 aromatic heterocycles. The zero-order valence-electron chi connectivity index (χ0n) is 9.64. The molecule has 6 heteroatoms. The molecule has 0 saturated heterocycles. The van der Waals surface area contributed by atoms with E-state index in [-0.39, 0.29) is 18.1 Å². The summed E-state index contributed by atoms with van der Waals surface area (Å²) in [5, 5.41) is 9.47. The smallest absolute Gasteiger partial charge is 0.341 e. The molecule has 0 aliphatic carbocycles. The van der Waals surface area contributed by atoms with Gasteiger partial charge in [-0.3, -0.25) is 0 Å². The third-order valence-electron chi connectivity index (χ3n) is 2.31. The number of halogens is 2. The van der Waals surface area contributed by atoms with Crippen LogP contribution in [0.3, 0.4) is 0 Å². The fourth-order valence-electron chi connectivity index (χ4n) is 1.47. The number of benzene rings is 1. The first-order valence-electron chi connectivity index (χ1n) is 5.32. The molecule has 0 spiro atoms. The Morgan fingerprint density at radius 2 is 2.21 bits per heavy atom. The average molecular weight is 282 g/mol. The van der Waals surface area contributed by atoms with Crippen molar-refractivity contribution < 1.29 is 19.0 Å². The highest BCUT2D eigenvalue weighted by atomic mass is 35.5. The van der Waals surface area contributed by atoms with Crippen molar-refractivity contribution >= 4 is 17.6 Å². The second kappa shape index (κ2) is 5.67. The minimum Gasteiger partial charge on any atom is -0.477 e. The number of carboxylic acid groups (broad SMARTS) is 1. The molecule has 1 aromatic carbocycles. The van der Waals surface area contributed by atoms with E-state index in [4.69, 9.17) is 21.4 Å². The van der Waals surface area contributed by atoms with Crippen molar-refractivity contribution in [2.24, 2.45) is 0 Å². The van der Waals surface area contributed by atoms with Crippen molar-refractivity contribution in [2.45, 2.75) is 6.61 Å². The van der Waals surface area contributed by atoms with Crippen LogP contribution in [-0.4, -0.2) is 16.1 Å². The van der Waals surface area contributed by atoms with Gasteiger partial charge in [0, 0.05) is 5.02 Å². The molecule has 0 unspecified atom stereocenters. The van der Waals surface area contributed by atoms with Gasteiger partial charge >= 0.3 is 5.97 Å². The van der Waals surface area contributed by atoms with Crippen LogP contribution in [0.2, 0.25) is 5.02 Å². The predicted octanol–water partition coefficient (Wildman–Crippen LogP) is 3.15. The predicted molar refractivity (Wildman–Crippen MR) is 66.9 cm³/mol. The lowest BCUT2D eigenvalue weighted by atomic mass is 10.2. The number of aromatic nitrogens is 1. The van der Waals surface area contributed by atoms with Crippen molar-refractivity contribution in [2.75, 3.05) is 0 Å². The molecule has 1 N–H and O–H groups in total. The minimum atomic E-state index is -1.30. The maximum absolute atomic E-state index is 12.9. The number of carbonyl (C=O) groups is 1. The highest BCUT2D eigenvalue weighted by Crippen LogP contribution is 2.18. The molecule has 0 aliphatic rings. The fourth-order valence-corrected chi connectivity index (χ4v) is 1.69. The fraction of sp³-hybridized carbons (Fsp3) is 0.0769. The lowest BCUT2D eigenvalue weighted by Crippen LogP contribution is -2.06. The second-order valence-electron chi connectivity index (χ2n) is 3.73. The third kappa shape index (κ3) is 3.42. The first kappa shape index (κ1) is 13.3. The van der Waals surface area contributed by atoms with Crippen molar-refractivity contribution in [3.63, 3.8) is 0 Å². The van der Waals surface area contributed by atoms with Crippen molar-refractivity contribution in [3.05, 3.63) is 58.5 Å². The van der Waals surface area contributed by atoms with Gasteiger partial charge in [-0.05, 0) is 23.8 Å². The molecule has 0 atom stereocenters. The molecule has 1 heterocycles. The molecule has 19 heavy (non-hydrogen) atoms.